The maximum Gasteiger partial charge on any atom is 0.217 e. The molecule has 1 aliphatic carbocycles. The Hall–Kier alpha value is -4.18. The fourth-order valence-electron chi connectivity index (χ4n) is 6.86. The van der Waals surface area contributed by atoms with Crippen molar-refractivity contribution < 1.29 is 9.84 Å². The Morgan fingerprint density at radius 1 is 0.667 bits per heavy atom. The molecule has 0 spiro atoms. The Labute approximate surface area is 268 Å². The standard InChI is InChI=1S/C41H46N2O2/c1-4-5-6-7-8-9-10-11-12-17-26-45-38-28-36(42-40(43-38)33-20-15-16-21-37(33)44)30-22-24-32-35(27-30)41(2,3)34-25-23-29-18-13-14-19-31(29)39(32)34/h13-16,18-25,27-28,44H,4-12,17,26H2,1-3H3. The van der Waals surface area contributed by atoms with Crippen LogP contribution < -0.4 is 4.74 Å². The van der Waals surface area contributed by atoms with Gasteiger partial charge in [-0.3, -0.25) is 0 Å². The Balaban J connectivity index is 1.23. The zero-order valence-electron chi connectivity index (χ0n) is 27.1. The van der Waals surface area contributed by atoms with Crippen molar-refractivity contribution in [1.82, 2.24) is 9.97 Å². The highest BCUT2D eigenvalue weighted by molar-refractivity contribution is 6.02. The van der Waals surface area contributed by atoms with E-state index in [1.165, 1.54) is 84.4 Å². The summed E-state index contributed by atoms with van der Waals surface area (Å²) in [7, 11) is 0. The van der Waals surface area contributed by atoms with Crippen LogP contribution in [0.5, 0.6) is 11.6 Å². The molecule has 0 radical (unpaired) electrons. The number of aromatic nitrogens is 2. The van der Waals surface area contributed by atoms with Gasteiger partial charge in [0.15, 0.2) is 5.82 Å². The summed E-state index contributed by atoms with van der Waals surface area (Å²) in [6.07, 6.45) is 12.8. The summed E-state index contributed by atoms with van der Waals surface area (Å²) in [6, 6.07) is 29.1. The van der Waals surface area contributed by atoms with Gasteiger partial charge in [-0.05, 0) is 57.6 Å². The van der Waals surface area contributed by atoms with Gasteiger partial charge in [-0.2, -0.15) is 4.98 Å². The molecule has 1 aliphatic rings. The van der Waals surface area contributed by atoms with Crippen molar-refractivity contribution in [2.24, 2.45) is 0 Å². The number of rotatable bonds is 14. The molecular weight excluding hydrogens is 552 g/mol. The second-order valence-electron chi connectivity index (χ2n) is 13.1. The van der Waals surface area contributed by atoms with Gasteiger partial charge < -0.3 is 9.84 Å². The molecule has 0 bridgehead atoms. The average Bonchev–Trinajstić information content (AvgIpc) is 3.29. The van der Waals surface area contributed by atoms with Crippen LogP contribution >= 0.6 is 0 Å². The van der Waals surface area contributed by atoms with E-state index < -0.39 is 0 Å². The normalized spacial score (nSPS) is 13.1. The number of aromatic hydroxyl groups is 1. The summed E-state index contributed by atoms with van der Waals surface area (Å²) in [5.41, 5.74) is 7.52. The Morgan fingerprint density at radius 3 is 2.16 bits per heavy atom. The van der Waals surface area contributed by atoms with Crippen molar-refractivity contribution in [2.75, 3.05) is 6.61 Å². The third kappa shape index (κ3) is 6.61. The number of phenols is 1. The first kappa shape index (κ1) is 30.8. The van der Waals surface area contributed by atoms with Gasteiger partial charge in [-0.1, -0.05) is 139 Å². The Kier molecular flexibility index (Phi) is 9.49. The zero-order chi connectivity index (χ0) is 31.2. The number of phenolic OH excluding ortho intramolecular Hbond substituents is 1. The van der Waals surface area contributed by atoms with Crippen molar-refractivity contribution in [3.8, 4) is 45.4 Å². The average molecular weight is 599 g/mol. The van der Waals surface area contributed by atoms with Gasteiger partial charge in [0.1, 0.15) is 5.75 Å². The monoisotopic (exact) mass is 598 g/mol. The first-order valence-electron chi connectivity index (χ1n) is 16.9. The molecule has 0 saturated carbocycles. The van der Waals surface area contributed by atoms with Crippen LogP contribution in [0, 0.1) is 0 Å². The van der Waals surface area contributed by atoms with E-state index in [9.17, 15) is 5.11 Å². The van der Waals surface area contributed by atoms with Gasteiger partial charge in [-0.25, -0.2) is 4.98 Å². The molecule has 4 nitrogen and oxygen atoms in total. The van der Waals surface area contributed by atoms with E-state index >= 15 is 0 Å². The van der Waals surface area contributed by atoms with E-state index in [1.807, 2.05) is 24.3 Å². The van der Waals surface area contributed by atoms with Crippen LogP contribution in [0.4, 0.5) is 0 Å². The molecule has 45 heavy (non-hydrogen) atoms. The molecule has 232 valence electrons. The largest absolute Gasteiger partial charge is 0.507 e. The lowest BCUT2D eigenvalue weighted by molar-refractivity contribution is 0.293. The van der Waals surface area contributed by atoms with Crippen LogP contribution in [0.3, 0.4) is 0 Å². The predicted molar refractivity (Wildman–Crippen MR) is 187 cm³/mol. The maximum atomic E-state index is 10.7. The van der Waals surface area contributed by atoms with Crippen molar-refractivity contribution in [3.05, 3.63) is 96.1 Å². The third-order valence-electron chi connectivity index (χ3n) is 9.46. The molecule has 1 heterocycles. The van der Waals surface area contributed by atoms with Crippen molar-refractivity contribution >= 4 is 10.8 Å². The van der Waals surface area contributed by atoms with Crippen LogP contribution in [0.1, 0.15) is 96.1 Å². The van der Waals surface area contributed by atoms with Gasteiger partial charge in [-0.15, -0.1) is 0 Å². The number of hydrogen-bond donors (Lipinski definition) is 1. The molecule has 0 fully saturated rings. The highest BCUT2D eigenvalue weighted by Gasteiger charge is 2.36. The molecule has 0 aliphatic heterocycles. The number of hydrogen-bond acceptors (Lipinski definition) is 4. The summed E-state index contributed by atoms with van der Waals surface area (Å²) in [4.78, 5) is 9.71. The highest BCUT2D eigenvalue weighted by atomic mass is 16.5. The SMILES string of the molecule is CCCCCCCCCCCCOc1cc(-c2ccc3c(c2)C(C)(C)c2ccc4ccccc4c2-3)nc(-c2ccccc2O)n1. The lowest BCUT2D eigenvalue weighted by Crippen LogP contribution is -2.15. The molecule has 4 heteroatoms. The Morgan fingerprint density at radius 2 is 1.38 bits per heavy atom. The number of benzene rings is 4. The molecule has 5 aromatic rings. The first-order chi connectivity index (χ1) is 22.0. The van der Waals surface area contributed by atoms with Crippen molar-refractivity contribution in [3.63, 3.8) is 0 Å². The topological polar surface area (TPSA) is 55.2 Å². The summed E-state index contributed by atoms with van der Waals surface area (Å²) in [6.45, 7) is 7.51. The van der Waals surface area contributed by atoms with Crippen LogP contribution in [-0.2, 0) is 5.41 Å². The molecule has 0 unspecified atom stereocenters. The van der Waals surface area contributed by atoms with Crippen LogP contribution in [0.25, 0.3) is 44.5 Å². The minimum atomic E-state index is -0.146. The van der Waals surface area contributed by atoms with E-state index in [1.54, 1.807) is 6.07 Å². The zero-order valence-corrected chi connectivity index (χ0v) is 27.1. The number of fused-ring (bicyclic) bond motifs is 5. The number of unbranched alkanes of at least 4 members (excludes halogenated alkanes) is 9. The highest BCUT2D eigenvalue weighted by Crippen LogP contribution is 2.52. The second kappa shape index (κ2) is 13.9. The fourth-order valence-corrected chi connectivity index (χ4v) is 6.86. The summed E-state index contributed by atoms with van der Waals surface area (Å²) in [5, 5.41) is 13.2. The minimum absolute atomic E-state index is 0.146. The number of nitrogens with zero attached hydrogens (tertiary/aromatic N) is 2. The summed E-state index contributed by atoms with van der Waals surface area (Å²) < 4.78 is 6.24. The van der Waals surface area contributed by atoms with E-state index in [0.29, 0.717) is 23.9 Å². The van der Waals surface area contributed by atoms with Gasteiger partial charge in [0.25, 0.3) is 0 Å². The van der Waals surface area contributed by atoms with E-state index in [-0.39, 0.29) is 11.2 Å². The molecule has 1 N–H and O–H groups in total. The first-order valence-corrected chi connectivity index (χ1v) is 16.9. The van der Waals surface area contributed by atoms with E-state index in [4.69, 9.17) is 14.7 Å². The van der Waals surface area contributed by atoms with Crippen molar-refractivity contribution in [2.45, 2.75) is 90.4 Å². The minimum Gasteiger partial charge on any atom is -0.507 e. The fraction of sp³-hybridized carbons (Fsp3) is 0.366. The van der Waals surface area contributed by atoms with E-state index in [0.717, 1.165) is 24.1 Å². The van der Waals surface area contributed by atoms with Crippen molar-refractivity contribution in [1.29, 1.82) is 0 Å². The van der Waals surface area contributed by atoms with Crippen LogP contribution in [0.15, 0.2) is 84.9 Å². The summed E-state index contributed by atoms with van der Waals surface area (Å²) in [5.74, 6) is 1.17. The molecule has 0 amide bonds. The lowest BCUT2D eigenvalue weighted by Gasteiger charge is -2.22. The molecular formula is C41H46N2O2. The smallest absolute Gasteiger partial charge is 0.217 e. The van der Waals surface area contributed by atoms with Gasteiger partial charge in [0.2, 0.25) is 5.88 Å². The van der Waals surface area contributed by atoms with Gasteiger partial charge in [0, 0.05) is 17.0 Å². The number of ether oxygens (including phenoxy) is 1. The molecule has 6 rings (SSSR count). The van der Waals surface area contributed by atoms with Crippen LogP contribution in [-0.4, -0.2) is 21.7 Å². The van der Waals surface area contributed by atoms with Gasteiger partial charge >= 0.3 is 0 Å². The molecule has 4 aromatic carbocycles. The number of para-hydroxylation sites is 1. The third-order valence-corrected chi connectivity index (χ3v) is 9.46. The van der Waals surface area contributed by atoms with Crippen LogP contribution in [0.2, 0.25) is 0 Å². The Bertz CT molecular complexity index is 1770. The van der Waals surface area contributed by atoms with E-state index in [2.05, 4.69) is 75.4 Å². The quantitative estimate of drug-likeness (QED) is 0.129. The summed E-state index contributed by atoms with van der Waals surface area (Å²) >= 11 is 0. The molecule has 1 aromatic heterocycles. The molecule has 0 atom stereocenters. The lowest BCUT2D eigenvalue weighted by atomic mass is 9.81. The predicted octanol–water partition coefficient (Wildman–Crippen LogP) is 11.3. The second-order valence-corrected chi connectivity index (χ2v) is 13.1. The van der Waals surface area contributed by atoms with Gasteiger partial charge in [0.05, 0.1) is 17.9 Å². The maximum absolute atomic E-state index is 10.7. The molecule has 0 saturated heterocycles.